The van der Waals surface area contributed by atoms with Crippen LogP contribution in [0.4, 0.5) is 0 Å². The molecule has 0 atom stereocenters. The van der Waals surface area contributed by atoms with E-state index in [1.54, 1.807) is 18.3 Å². The molecule has 4 nitrogen and oxygen atoms in total. The van der Waals surface area contributed by atoms with Gasteiger partial charge in [0.1, 0.15) is 0 Å². The summed E-state index contributed by atoms with van der Waals surface area (Å²) in [6, 6.07) is 6.95. The number of carbonyl (C=O) groups is 1. The highest BCUT2D eigenvalue weighted by molar-refractivity contribution is 9.10. The van der Waals surface area contributed by atoms with E-state index >= 15 is 0 Å². The Hall–Kier alpha value is -1.40. The summed E-state index contributed by atoms with van der Waals surface area (Å²) in [4.78, 5) is 20.2. The number of hydrogen-bond donors (Lipinski definition) is 1. The Morgan fingerprint density at radius 2 is 2.17 bits per heavy atom. The summed E-state index contributed by atoms with van der Waals surface area (Å²) in [6.45, 7) is 1.88. The van der Waals surface area contributed by atoms with Gasteiger partial charge < -0.3 is 5.11 Å². The summed E-state index contributed by atoms with van der Waals surface area (Å²) in [5.74, 6) is -0.963. The quantitative estimate of drug-likeness (QED) is 0.877. The SMILES string of the molecule is Cc1ccnc(Sc2ccc(Br)c(C(=O)O)c2)n1. The van der Waals surface area contributed by atoms with Crippen LogP contribution in [0.15, 0.2) is 45.0 Å². The fraction of sp³-hybridized carbons (Fsp3) is 0.0833. The van der Waals surface area contributed by atoms with Gasteiger partial charge in [-0.2, -0.15) is 0 Å². The molecule has 0 bridgehead atoms. The predicted molar refractivity (Wildman–Crippen MR) is 72.0 cm³/mol. The van der Waals surface area contributed by atoms with Crippen LogP contribution >= 0.6 is 27.7 Å². The van der Waals surface area contributed by atoms with Crippen molar-refractivity contribution in [1.29, 1.82) is 0 Å². The summed E-state index contributed by atoms with van der Waals surface area (Å²) in [5.41, 5.74) is 1.11. The molecule has 1 aromatic carbocycles. The molecule has 1 N–H and O–H groups in total. The number of nitrogens with zero attached hydrogens (tertiary/aromatic N) is 2. The number of benzene rings is 1. The highest BCUT2D eigenvalue weighted by atomic mass is 79.9. The molecule has 0 saturated heterocycles. The van der Waals surface area contributed by atoms with Crippen LogP contribution in [0, 0.1) is 6.92 Å². The number of halogens is 1. The van der Waals surface area contributed by atoms with Crippen molar-refractivity contribution < 1.29 is 9.90 Å². The highest BCUT2D eigenvalue weighted by Gasteiger charge is 2.10. The molecule has 2 rings (SSSR count). The lowest BCUT2D eigenvalue weighted by molar-refractivity contribution is 0.0695. The van der Waals surface area contributed by atoms with Crippen LogP contribution in [-0.4, -0.2) is 21.0 Å². The Balaban J connectivity index is 2.30. The molecule has 0 amide bonds. The molecule has 0 unspecified atom stereocenters. The second-order valence-corrected chi connectivity index (χ2v) is 5.42. The molecule has 0 radical (unpaired) electrons. The smallest absolute Gasteiger partial charge is 0.336 e. The van der Waals surface area contributed by atoms with Gasteiger partial charge in [-0.15, -0.1) is 0 Å². The second kappa shape index (κ2) is 5.49. The Morgan fingerprint density at radius 1 is 1.39 bits per heavy atom. The third-order valence-corrected chi connectivity index (χ3v) is 3.71. The summed E-state index contributed by atoms with van der Waals surface area (Å²) >= 11 is 4.54. The second-order valence-electron chi connectivity index (χ2n) is 3.53. The van der Waals surface area contributed by atoms with Gasteiger partial charge in [-0.05, 0) is 58.9 Å². The predicted octanol–water partition coefficient (Wildman–Crippen LogP) is 3.40. The van der Waals surface area contributed by atoms with Crippen LogP contribution in [0.25, 0.3) is 0 Å². The van der Waals surface area contributed by atoms with Crippen LogP contribution in [0.2, 0.25) is 0 Å². The maximum atomic E-state index is 11.0. The van der Waals surface area contributed by atoms with E-state index in [-0.39, 0.29) is 5.56 Å². The molecule has 0 fully saturated rings. The summed E-state index contributed by atoms with van der Waals surface area (Å²) in [7, 11) is 0. The van der Waals surface area contributed by atoms with Crippen LogP contribution < -0.4 is 0 Å². The van der Waals surface area contributed by atoms with Gasteiger partial charge in [0.25, 0.3) is 0 Å². The van der Waals surface area contributed by atoms with E-state index in [1.807, 2.05) is 19.1 Å². The lowest BCUT2D eigenvalue weighted by Gasteiger charge is -2.04. The van der Waals surface area contributed by atoms with E-state index in [2.05, 4.69) is 25.9 Å². The molecule has 0 aliphatic carbocycles. The van der Waals surface area contributed by atoms with Crippen molar-refractivity contribution in [3.05, 3.63) is 46.2 Å². The van der Waals surface area contributed by atoms with Crippen molar-refractivity contribution in [3.63, 3.8) is 0 Å². The zero-order valence-electron chi connectivity index (χ0n) is 9.42. The van der Waals surface area contributed by atoms with Crippen molar-refractivity contribution in [2.75, 3.05) is 0 Å². The number of rotatable bonds is 3. The lowest BCUT2D eigenvalue weighted by atomic mass is 10.2. The Labute approximate surface area is 117 Å². The number of carboxylic acids is 1. The molecule has 0 aliphatic rings. The van der Waals surface area contributed by atoms with Crippen LogP contribution in [0.3, 0.4) is 0 Å². The lowest BCUT2D eigenvalue weighted by Crippen LogP contribution is -1.97. The Kier molecular flexibility index (Phi) is 3.98. The summed E-state index contributed by atoms with van der Waals surface area (Å²) < 4.78 is 0.560. The normalized spacial score (nSPS) is 10.3. The number of aromatic nitrogens is 2. The van der Waals surface area contributed by atoms with Gasteiger partial charge in [0, 0.05) is 21.3 Å². The van der Waals surface area contributed by atoms with Crippen LogP contribution in [0.1, 0.15) is 16.1 Å². The first-order chi connectivity index (χ1) is 8.56. The van der Waals surface area contributed by atoms with Gasteiger partial charge in [0.2, 0.25) is 0 Å². The minimum absolute atomic E-state index is 0.229. The van der Waals surface area contributed by atoms with E-state index in [1.165, 1.54) is 11.8 Å². The summed E-state index contributed by atoms with van der Waals surface area (Å²) in [6.07, 6.45) is 1.68. The van der Waals surface area contributed by atoms with Gasteiger partial charge >= 0.3 is 5.97 Å². The molecule has 0 spiro atoms. The fourth-order valence-corrected chi connectivity index (χ4v) is 2.56. The Bertz CT molecular complexity index is 604. The molecule has 6 heteroatoms. The van der Waals surface area contributed by atoms with E-state index in [4.69, 9.17) is 5.11 Å². The molecule has 92 valence electrons. The van der Waals surface area contributed by atoms with Gasteiger partial charge in [-0.3, -0.25) is 0 Å². The number of aryl methyl sites for hydroxylation is 1. The van der Waals surface area contributed by atoms with Crippen molar-refractivity contribution in [2.24, 2.45) is 0 Å². The van der Waals surface area contributed by atoms with Gasteiger partial charge in [0.05, 0.1) is 5.56 Å². The molecule has 18 heavy (non-hydrogen) atoms. The third-order valence-electron chi connectivity index (χ3n) is 2.15. The van der Waals surface area contributed by atoms with E-state index in [0.29, 0.717) is 9.63 Å². The van der Waals surface area contributed by atoms with Crippen molar-refractivity contribution in [1.82, 2.24) is 9.97 Å². The zero-order chi connectivity index (χ0) is 13.1. The average molecular weight is 325 g/mol. The average Bonchev–Trinajstić information content (AvgIpc) is 2.31. The number of aromatic carboxylic acids is 1. The minimum atomic E-state index is -0.963. The standard InChI is InChI=1S/C12H9BrN2O2S/c1-7-4-5-14-12(15-7)18-8-2-3-10(13)9(6-8)11(16)17/h2-6H,1H3,(H,16,17). The van der Waals surface area contributed by atoms with Crippen molar-refractivity contribution >= 4 is 33.7 Å². The van der Waals surface area contributed by atoms with Crippen molar-refractivity contribution in [2.45, 2.75) is 17.0 Å². The van der Waals surface area contributed by atoms with Gasteiger partial charge in [-0.1, -0.05) is 0 Å². The van der Waals surface area contributed by atoms with E-state index < -0.39 is 5.97 Å². The molecule has 0 saturated carbocycles. The monoisotopic (exact) mass is 324 g/mol. The molecular formula is C12H9BrN2O2S. The largest absolute Gasteiger partial charge is 0.478 e. The maximum absolute atomic E-state index is 11.0. The Morgan fingerprint density at radius 3 is 2.83 bits per heavy atom. The molecule has 0 aliphatic heterocycles. The maximum Gasteiger partial charge on any atom is 0.336 e. The van der Waals surface area contributed by atoms with E-state index in [0.717, 1.165) is 10.6 Å². The molecular weight excluding hydrogens is 316 g/mol. The first kappa shape index (κ1) is 13.0. The third kappa shape index (κ3) is 3.08. The van der Waals surface area contributed by atoms with Gasteiger partial charge in [0.15, 0.2) is 5.16 Å². The number of carboxylic acid groups (broad SMARTS) is 1. The topological polar surface area (TPSA) is 63.1 Å². The molecule has 2 aromatic rings. The fourth-order valence-electron chi connectivity index (χ4n) is 1.31. The first-order valence-electron chi connectivity index (χ1n) is 5.06. The zero-order valence-corrected chi connectivity index (χ0v) is 11.8. The first-order valence-corrected chi connectivity index (χ1v) is 6.67. The molecule has 1 aromatic heterocycles. The molecule has 1 heterocycles. The minimum Gasteiger partial charge on any atom is -0.478 e. The van der Waals surface area contributed by atoms with Crippen LogP contribution in [-0.2, 0) is 0 Å². The van der Waals surface area contributed by atoms with Crippen LogP contribution in [0.5, 0.6) is 0 Å². The van der Waals surface area contributed by atoms with Crippen molar-refractivity contribution in [3.8, 4) is 0 Å². The van der Waals surface area contributed by atoms with E-state index in [9.17, 15) is 4.79 Å². The number of hydrogen-bond acceptors (Lipinski definition) is 4. The van der Waals surface area contributed by atoms with Gasteiger partial charge in [-0.25, -0.2) is 14.8 Å². The highest BCUT2D eigenvalue weighted by Crippen LogP contribution is 2.28. The summed E-state index contributed by atoms with van der Waals surface area (Å²) in [5, 5.41) is 9.64.